The smallest absolute Gasteiger partial charge is 0.416 e. The van der Waals surface area contributed by atoms with Crippen molar-refractivity contribution in [1.82, 2.24) is 19.6 Å². The minimum atomic E-state index is -4.43. The third-order valence-corrected chi connectivity index (χ3v) is 8.15. The van der Waals surface area contributed by atoms with Gasteiger partial charge in [-0.05, 0) is 75.1 Å². The van der Waals surface area contributed by atoms with Crippen LogP contribution >= 0.6 is 0 Å². The summed E-state index contributed by atoms with van der Waals surface area (Å²) in [5.41, 5.74) is 0.961. The average molecular weight is 543 g/mol. The fraction of sp³-hybridized carbons (Fsp3) is 0.517. The first-order valence-corrected chi connectivity index (χ1v) is 13.5. The Kier molecular flexibility index (Phi) is 7.15. The van der Waals surface area contributed by atoms with Gasteiger partial charge in [0.05, 0.1) is 11.1 Å². The van der Waals surface area contributed by atoms with E-state index >= 15 is 0 Å². The zero-order valence-electron chi connectivity index (χ0n) is 22.4. The van der Waals surface area contributed by atoms with Crippen LogP contribution in [0.4, 0.5) is 13.2 Å². The van der Waals surface area contributed by atoms with Gasteiger partial charge in [-0.3, -0.25) is 0 Å². The SMILES string of the molecule is CCc1ccc(CCC2(C3CCCC3)CC(O)=C(Cc3nc4nc(C)cc(C)n4n3)C(=O)O2)cc1C(F)(F)F. The van der Waals surface area contributed by atoms with Gasteiger partial charge in [-0.2, -0.15) is 18.2 Å². The van der Waals surface area contributed by atoms with Crippen LogP contribution in [0.25, 0.3) is 5.78 Å². The van der Waals surface area contributed by atoms with Crippen molar-refractivity contribution < 1.29 is 27.8 Å². The highest BCUT2D eigenvalue weighted by atomic mass is 19.4. The second-order valence-corrected chi connectivity index (χ2v) is 10.8. The van der Waals surface area contributed by atoms with Crippen molar-refractivity contribution in [2.45, 2.75) is 90.3 Å². The molecule has 3 aromatic rings. The van der Waals surface area contributed by atoms with Crippen LogP contribution in [-0.2, 0) is 35.0 Å². The van der Waals surface area contributed by atoms with E-state index in [1.54, 1.807) is 17.5 Å². The lowest BCUT2D eigenvalue weighted by atomic mass is 9.76. The van der Waals surface area contributed by atoms with Crippen LogP contribution in [0.5, 0.6) is 0 Å². The number of nitrogens with zero attached hydrogens (tertiary/aromatic N) is 4. The maximum Gasteiger partial charge on any atom is 0.416 e. The van der Waals surface area contributed by atoms with Crippen molar-refractivity contribution in [2.24, 2.45) is 5.92 Å². The number of halogens is 3. The Bertz CT molecular complexity index is 1440. The Morgan fingerprint density at radius 2 is 1.90 bits per heavy atom. The predicted molar refractivity (Wildman–Crippen MR) is 138 cm³/mol. The Labute approximate surface area is 225 Å². The third-order valence-electron chi connectivity index (χ3n) is 8.15. The van der Waals surface area contributed by atoms with E-state index in [1.165, 1.54) is 12.1 Å². The first-order valence-electron chi connectivity index (χ1n) is 13.5. The number of aliphatic hydroxyl groups is 1. The monoisotopic (exact) mass is 542 g/mol. The topological polar surface area (TPSA) is 89.6 Å². The number of carbonyl (C=O) groups excluding carboxylic acids is 1. The molecular formula is C29H33F3N4O3. The van der Waals surface area contributed by atoms with E-state index in [1.807, 2.05) is 19.9 Å². The molecule has 1 fully saturated rings. The minimum Gasteiger partial charge on any atom is -0.512 e. The average Bonchev–Trinajstić information content (AvgIpc) is 3.55. The minimum absolute atomic E-state index is 0.000678. The first-order chi connectivity index (χ1) is 18.5. The van der Waals surface area contributed by atoms with E-state index in [9.17, 15) is 23.1 Å². The van der Waals surface area contributed by atoms with Gasteiger partial charge < -0.3 is 9.84 Å². The molecular weight excluding hydrogens is 509 g/mol. The van der Waals surface area contributed by atoms with Crippen LogP contribution in [0.1, 0.15) is 79.4 Å². The number of alkyl halides is 3. The molecule has 0 saturated heterocycles. The number of aryl methyl sites for hydroxylation is 4. The number of ether oxygens (including phenoxy) is 1. The fourth-order valence-corrected chi connectivity index (χ4v) is 6.14. The second kappa shape index (κ2) is 10.3. The molecule has 1 N–H and O–H groups in total. The highest BCUT2D eigenvalue weighted by Gasteiger charge is 2.48. The molecule has 0 bridgehead atoms. The van der Waals surface area contributed by atoms with Gasteiger partial charge in [0.2, 0.25) is 0 Å². The fourth-order valence-electron chi connectivity index (χ4n) is 6.14. The molecule has 7 nitrogen and oxygen atoms in total. The van der Waals surface area contributed by atoms with Crippen molar-refractivity contribution in [3.63, 3.8) is 0 Å². The number of esters is 1. The van der Waals surface area contributed by atoms with Gasteiger partial charge in [-0.25, -0.2) is 14.3 Å². The van der Waals surface area contributed by atoms with Crippen molar-refractivity contribution in [2.75, 3.05) is 0 Å². The van der Waals surface area contributed by atoms with E-state index < -0.39 is 23.3 Å². The van der Waals surface area contributed by atoms with Gasteiger partial charge in [-0.1, -0.05) is 31.9 Å². The summed E-state index contributed by atoms with van der Waals surface area (Å²) in [6, 6.07) is 6.33. The Hall–Kier alpha value is -3.43. The summed E-state index contributed by atoms with van der Waals surface area (Å²) in [7, 11) is 0. The molecule has 2 aliphatic rings. The van der Waals surface area contributed by atoms with E-state index in [0.717, 1.165) is 37.1 Å². The van der Waals surface area contributed by atoms with Crippen LogP contribution in [-0.4, -0.2) is 36.3 Å². The Morgan fingerprint density at radius 1 is 1.15 bits per heavy atom. The maximum atomic E-state index is 13.6. The Morgan fingerprint density at radius 3 is 2.56 bits per heavy atom. The van der Waals surface area contributed by atoms with Gasteiger partial charge in [-0.15, -0.1) is 5.10 Å². The molecule has 1 atom stereocenters. The quantitative estimate of drug-likeness (QED) is 0.359. The van der Waals surface area contributed by atoms with Crippen LogP contribution < -0.4 is 0 Å². The van der Waals surface area contributed by atoms with Crippen molar-refractivity contribution in [3.05, 3.63) is 69.5 Å². The van der Waals surface area contributed by atoms with Gasteiger partial charge in [0.15, 0.2) is 5.82 Å². The van der Waals surface area contributed by atoms with Gasteiger partial charge in [0, 0.05) is 24.2 Å². The first kappa shape index (κ1) is 27.1. The van der Waals surface area contributed by atoms with Crippen LogP contribution in [0.3, 0.4) is 0 Å². The van der Waals surface area contributed by atoms with Gasteiger partial charge >= 0.3 is 12.1 Å². The van der Waals surface area contributed by atoms with Crippen LogP contribution in [0.2, 0.25) is 0 Å². The summed E-state index contributed by atoms with van der Waals surface area (Å²) in [4.78, 5) is 22.1. The van der Waals surface area contributed by atoms with Crippen LogP contribution in [0.15, 0.2) is 35.6 Å². The third kappa shape index (κ3) is 5.38. The van der Waals surface area contributed by atoms with E-state index in [2.05, 4.69) is 15.1 Å². The number of hydrogen-bond donors (Lipinski definition) is 1. The molecule has 10 heteroatoms. The summed E-state index contributed by atoms with van der Waals surface area (Å²) in [6.45, 7) is 5.45. The standard InChI is InChI=1S/C29H33F3N4O3/c1-4-20-10-9-19(14-23(20)29(30,31)32)11-12-28(21-7-5-6-8-21)16-24(37)22(26(38)39-28)15-25-34-27-33-17(2)13-18(3)36(27)35-25/h9-10,13-14,21,37H,4-8,11-12,15-16H2,1-3H3. The number of aliphatic hydroxyl groups excluding tert-OH is 1. The number of benzene rings is 1. The molecule has 0 amide bonds. The lowest BCUT2D eigenvalue weighted by molar-refractivity contribution is -0.167. The highest BCUT2D eigenvalue weighted by Crippen LogP contribution is 2.46. The predicted octanol–water partition coefficient (Wildman–Crippen LogP) is 6.19. The molecule has 1 unspecified atom stereocenters. The maximum absolute atomic E-state index is 13.6. The van der Waals surface area contributed by atoms with Gasteiger partial charge in [0.25, 0.3) is 5.78 Å². The second-order valence-electron chi connectivity index (χ2n) is 10.8. The number of hydrogen-bond acceptors (Lipinski definition) is 6. The molecule has 208 valence electrons. The van der Waals surface area contributed by atoms with Crippen molar-refractivity contribution in [3.8, 4) is 0 Å². The molecule has 1 saturated carbocycles. The molecule has 0 radical (unpaired) electrons. The number of rotatable bonds is 7. The zero-order valence-corrected chi connectivity index (χ0v) is 22.4. The summed E-state index contributed by atoms with van der Waals surface area (Å²) in [6.07, 6.45) is 0.280. The van der Waals surface area contributed by atoms with Crippen LogP contribution in [0, 0.1) is 19.8 Å². The van der Waals surface area contributed by atoms with Gasteiger partial charge in [0.1, 0.15) is 11.4 Å². The number of carbonyl (C=O) groups is 1. The molecule has 39 heavy (non-hydrogen) atoms. The lowest BCUT2D eigenvalue weighted by Crippen LogP contribution is -2.46. The molecule has 3 heterocycles. The molecule has 1 aliphatic carbocycles. The molecule has 5 rings (SSSR count). The largest absolute Gasteiger partial charge is 0.512 e. The highest BCUT2D eigenvalue weighted by molar-refractivity contribution is 5.90. The summed E-state index contributed by atoms with van der Waals surface area (Å²) >= 11 is 0. The van der Waals surface area contributed by atoms with Crippen molar-refractivity contribution >= 4 is 11.7 Å². The summed E-state index contributed by atoms with van der Waals surface area (Å²) < 4.78 is 48.7. The summed E-state index contributed by atoms with van der Waals surface area (Å²) in [5.74, 6) is 0.112. The Balaban J connectivity index is 1.41. The van der Waals surface area contributed by atoms with E-state index in [0.29, 0.717) is 30.0 Å². The number of cyclic esters (lactones) is 1. The van der Waals surface area contributed by atoms with E-state index in [-0.39, 0.29) is 42.1 Å². The molecule has 2 aromatic heterocycles. The lowest BCUT2D eigenvalue weighted by Gasteiger charge is -2.41. The summed E-state index contributed by atoms with van der Waals surface area (Å²) in [5, 5.41) is 15.6. The zero-order chi connectivity index (χ0) is 27.9. The van der Waals surface area contributed by atoms with Crippen molar-refractivity contribution in [1.29, 1.82) is 0 Å². The molecule has 0 spiro atoms. The van der Waals surface area contributed by atoms with E-state index in [4.69, 9.17) is 4.74 Å². The normalized spacial score (nSPS) is 20.7. The number of fused-ring (bicyclic) bond motifs is 1. The number of aromatic nitrogens is 4. The molecule has 1 aliphatic heterocycles. The molecule has 1 aromatic carbocycles.